The molecule has 1 fully saturated rings. The summed E-state index contributed by atoms with van der Waals surface area (Å²) in [4.78, 5) is 12.1. The topological polar surface area (TPSA) is 29.1 Å². The summed E-state index contributed by atoms with van der Waals surface area (Å²) in [7, 11) is 0. The smallest absolute Gasteiger partial charge is 0.179 e. The summed E-state index contributed by atoms with van der Waals surface area (Å²) in [6.45, 7) is 4.13. The van der Waals surface area contributed by atoms with Crippen LogP contribution in [0.3, 0.4) is 0 Å². The van der Waals surface area contributed by atoms with Crippen LogP contribution in [0, 0.1) is 0 Å². The van der Waals surface area contributed by atoms with Crippen LogP contribution in [0.25, 0.3) is 0 Å². The van der Waals surface area contributed by atoms with Crippen LogP contribution in [-0.2, 0) is 6.42 Å². The predicted octanol–water partition coefficient (Wildman–Crippen LogP) is 2.96. The maximum Gasteiger partial charge on any atom is 0.179 e. The molecule has 92 valence electrons. The molecule has 1 aromatic carbocycles. The highest BCUT2D eigenvalue weighted by Crippen LogP contribution is 2.20. The average molecular weight is 231 g/mol. The third-order valence-corrected chi connectivity index (χ3v) is 3.23. The first kappa shape index (κ1) is 12.3. The van der Waals surface area contributed by atoms with Gasteiger partial charge in [-0.2, -0.15) is 0 Å². The van der Waals surface area contributed by atoms with Crippen LogP contribution in [0.5, 0.6) is 0 Å². The van der Waals surface area contributed by atoms with Crippen molar-refractivity contribution in [3.05, 3.63) is 35.4 Å². The quantitative estimate of drug-likeness (QED) is 0.763. The molecule has 0 amide bonds. The first-order valence-corrected chi connectivity index (χ1v) is 6.60. The lowest BCUT2D eigenvalue weighted by Gasteiger charge is -2.12. The van der Waals surface area contributed by atoms with Crippen LogP contribution in [0.2, 0.25) is 0 Å². The molecule has 1 aliphatic rings. The van der Waals surface area contributed by atoms with Gasteiger partial charge in [0, 0.05) is 11.6 Å². The highest BCUT2D eigenvalue weighted by atomic mass is 16.1. The van der Waals surface area contributed by atoms with Crippen molar-refractivity contribution in [1.29, 1.82) is 0 Å². The lowest BCUT2D eigenvalue weighted by molar-refractivity contribution is 0.0950. The van der Waals surface area contributed by atoms with E-state index in [-0.39, 0.29) is 11.8 Å². The van der Waals surface area contributed by atoms with Gasteiger partial charge in [-0.1, -0.05) is 37.6 Å². The minimum absolute atomic E-state index is 0.0560. The Hall–Kier alpha value is -1.15. The molecule has 1 saturated carbocycles. The summed E-state index contributed by atoms with van der Waals surface area (Å²) in [5, 5.41) is 3.34. The Morgan fingerprint density at radius 3 is 2.53 bits per heavy atom. The number of ketones is 1. The van der Waals surface area contributed by atoms with E-state index in [1.165, 1.54) is 18.4 Å². The minimum Gasteiger partial charge on any atom is -0.305 e. The molecule has 0 heterocycles. The SMILES string of the molecule is CCCc1ccc(C(=O)C(C)NC2CC2)cc1. The first-order valence-electron chi connectivity index (χ1n) is 6.60. The molecule has 0 aromatic heterocycles. The Kier molecular flexibility index (Phi) is 3.95. The fourth-order valence-electron chi connectivity index (χ4n) is 2.05. The summed E-state index contributed by atoms with van der Waals surface area (Å²) < 4.78 is 0. The van der Waals surface area contributed by atoms with Gasteiger partial charge in [-0.3, -0.25) is 4.79 Å². The van der Waals surface area contributed by atoms with Gasteiger partial charge in [0.1, 0.15) is 0 Å². The van der Waals surface area contributed by atoms with Crippen LogP contribution >= 0.6 is 0 Å². The standard InChI is InChI=1S/C15H21NO/c1-3-4-12-5-7-13(8-6-12)15(17)11(2)16-14-9-10-14/h5-8,11,14,16H,3-4,9-10H2,1-2H3. The van der Waals surface area contributed by atoms with Crippen molar-refractivity contribution in [2.75, 3.05) is 0 Å². The predicted molar refractivity (Wildman–Crippen MR) is 70.4 cm³/mol. The average Bonchev–Trinajstić information content (AvgIpc) is 3.13. The zero-order valence-corrected chi connectivity index (χ0v) is 10.7. The van der Waals surface area contributed by atoms with E-state index in [0.717, 1.165) is 18.4 Å². The summed E-state index contributed by atoms with van der Waals surface area (Å²) in [5.74, 6) is 0.208. The highest BCUT2D eigenvalue weighted by Gasteiger charge is 2.25. The first-order chi connectivity index (χ1) is 8.20. The van der Waals surface area contributed by atoms with Crippen molar-refractivity contribution in [2.24, 2.45) is 0 Å². The monoisotopic (exact) mass is 231 g/mol. The third kappa shape index (κ3) is 3.40. The van der Waals surface area contributed by atoms with Crippen LogP contribution in [0.1, 0.15) is 49.0 Å². The largest absolute Gasteiger partial charge is 0.305 e. The van der Waals surface area contributed by atoms with Gasteiger partial charge in [-0.15, -0.1) is 0 Å². The molecule has 1 atom stereocenters. The second-order valence-corrected chi connectivity index (χ2v) is 4.97. The van der Waals surface area contributed by atoms with E-state index in [1.54, 1.807) is 0 Å². The Bertz CT molecular complexity index is 378. The maximum absolute atomic E-state index is 12.1. The second kappa shape index (κ2) is 5.46. The van der Waals surface area contributed by atoms with Crippen molar-refractivity contribution < 1.29 is 4.79 Å². The molecule has 0 saturated heterocycles. The normalized spacial score (nSPS) is 16.8. The lowest BCUT2D eigenvalue weighted by Crippen LogP contribution is -2.35. The van der Waals surface area contributed by atoms with Gasteiger partial charge in [0.25, 0.3) is 0 Å². The number of carbonyl (C=O) groups is 1. The molecule has 1 unspecified atom stereocenters. The molecule has 1 N–H and O–H groups in total. The molecule has 1 aromatic rings. The van der Waals surface area contributed by atoms with Crippen molar-refractivity contribution in [3.8, 4) is 0 Å². The Balaban J connectivity index is 1.97. The number of nitrogens with one attached hydrogen (secondary N) is 1. The van der Waals surface area contributed by atoms with Crippen LogP contribution < -0.4 is 5.32 Å². The van der Waals surface area contributed by atoms with Gasteiger partial charge in [0.15, 0.2) is 5.78 Å². The molecule has 1 aliphatic carbocycles. The summed E-state index contributed by atoms with van der Waals surface area (Å²) in [5.41, 5.74) is 2.14. The van der Waals surface area contributed by atoms with Crippen molar-refractivity contribution in [1.82, 2.24) is 5.32 Å². The Labute approximate surface area is 103 Å². The van der Waals surface area contributed by atoms with Gasteiger partial charge >= 0.3 is 0 Å². The summed E-state index contributed by atoms with van der Waals surface area (Å²) >= 11 is 0. The number of rotatable bonds is 6. The molecule has 2 nitrogen and oxygen atoms in total. The number of aryl methyl sites for hydroxylation is 1. The Morgan fingerprint density at radius 1 is 1.35 bits per heavy atom. The van der Waals surface area contributed by atoms with Crippen LogP contribution in [-0.4, -0.2) is 17.9 Å². The van der Waals surface area contributed by atoms with Crippen molar-refractivity contribution in [2.45, 2.75) is 51.6 Å². The van der Waals surface area contributed by atoms with Crippen molar-refractivity contribution in [3.63, 3.8) is 0 Å². The maximum atomic E-state index is 12.1. The zero-order chi connectivity index (χ0) is 12.3. The van der Waals surface area contributed by atoms with Crippen LogP contribution in [0.4, 0.5) is 0 Å². The van der Waals surface area contributed by atoms with Gasteiger partial charge < -0.3 is 5.32 Å². The molecule has 0 bridgehead atoms. The van der Waals surface area contributed by atoms with Gasteiger partial charge in [-0.05, 0) is 31.7 Å². The van der Waals surface area contributed by atoms with E-state index >= 15 is 0 Å². The highest BCUT2D eigenvalue weighted by molar-refractivity contribution is 5.99. The summed E-state index contributed by atoms with van der Waals surface area (Å²) in [6.07, 6.45) is 4.66. The van der Waals surface area contributed by atoms with E-state index in [0.29, 0.717) is 6.04 Å². The van der Waals surface area contributed by atoms with E-state index in [1.807, 2.05) is 19.1 Å². The molecule has 0 aliphatic heterocycles. The number of hydrogen-bond acceptors (Lipinski definition) is 2. The molecular formula is C15H21NO. The molecule has 0 spiro atoms. The number of carbonyl (C=O) groups excluding carboxylic acids is 1. The molecular weight excluding hydrogens is 210 g/mol. The fraction of sp³-hybridized carbons (Fsp3) is 0.533. The van der Waals surface area contributed by atoms with E-state index in [9.17, 15) is 4.79 Å². The molecule has 2 rings (SSSR count). The zero-order valence-electron chi connectivity index (χ0n) is 10.7. The van der Waals surface area contributed by atoms with Crippen LogP contribution in [0.15, 0.2) is 24.3 Å². The number of hydrogen-bond donors (Lipinski definition) is 1. The van der Waals surface area contributed by atoms with Gasteiger partial charge in [0.05, 0.1) is 6.04 Å². The fourth-order valence-corrected chi connectivity index (χ4v) is 2.05. The second-order valence-electron chi connectivity index (χ2n) is 4.97. The van der Waals surface area contributed by atoms with E-state index in [4.69, 9.17) is 0 Å². The van der Waals surface area contributed by atoms with Gasteiger partial charge in [-0.25, -0.2) is 0 Å². The number of Topliss-reactive ketones (excluding diaryl/α,β-unsaturated/α-hetero) is 1. The van der Waals surface area contributed by atoms with Crippen molar-refractivity contribution >= 4 is 5.78 Å². The number of benzene rings is 1. The molecule has 2 heteroatoms. The Morgan fingerprint density at radius 2 is 2.00 bits per heavy atom. The molecule has 0 radical (unpaired) electrons. The van der Waals surface area contributed by atoms with Gasteiger partial charge in [0.2, 0.25) is 0 Å². The third-order valence-electron chi connectivity index (χ3n) is 3.23. The van der Waals surface area contributed by atoms with E-state index < -0.39 is 0 Å². The minimum atomic E-state index is -0.0560. The lowest BCUT2D eigenvalue weighted by atomic mass is 10.0. The summed E-state index contributed by atoms with van der Waals surface area (Å²) in [6, 6.07) is 8.57. The van der Waals surface area contributed by atoms with E-state index in [2.05, 4.69) is 24.4 Å². The molecule has 17 heavy (non-hydrogen) atoms.